The van der Waals surface area contributed by atoms with E-state index in [-0.39, 0.29) is 5.91 Å². The number of benzene rings is 2. The molecule has 0 aliphatic heterocycles. The first-order chi connectivity index (χ1) is 11.4. The molecule has 1 amide bonds. The van der Waals surface area contributed by atoms with E-state index in [1.54, 1.807) is 12.1 Å². The Morgan fingerprint density at radius 1 is 0.917 bits per heavy atom. The summed E-state index contributed by atoms with van der Waals surface area (Å²) in [6, 6.07) is 18.5. The summed E-state index contributed by atoms with van der Waals surface area (Å²) < 4.78 is -0.778. The maximum Gasteiger partial charge on any atom is 0.252 e. The Morgan fingerprint density at radius 3 is 2.00 bits per heavy atom. The highest BCUT2D eigenvalue weighted by Crippen LogP contribution is 2.36. The first-order valence-electron chi connectivity index (χ1n) is 6.91. The second kappa shape index (κ2) is 8.94. The van der Waals surface area contributed by atoms with E-state index in [1.165, 1.54) is 0 Å². The normalized spacial score (nSPS) is 12.1. The number of para-hydroxylation sites is 1. The van der Waals surface area contributed by atoms with Gasteiger partial charge in [-0.3, -0.25) is 4.79 Å². The zero-order chi connectivity index (χ0) is 17.6. The molecule has 2 aromatic carbocycles. The standard InChI is InChI=1S/C16H14Br3N3OS/c17-16(18,19)14(21-13(23)11-7-3-1-4-8-11)22-15(24)20-12-9-5-2-6-10-12/h1-10,14H,(H,21,23)(H2,20,22,24)/t14-/m0/s1. The van der Waals surface area contributed by atoms with E-state index in [4.69, 9.17) is 12.2 Å². The van der Waals surface area contributed by atoms with Crippen LogP contribution in [0.5, 0.6) is 0 Å². The van der Waals surface area contributed by atoms with Gasteiger partial charge in [-0.15, -0.1) is 0 Å². The van der Waals surface area contributed by atoms with Gasteiger partial charge in [-0.25, -0.2) is 0 Å². The molecule has 0 fully saturated rings. The summed E-state index contributed by atoms with van der Waals surface area (Å²) >= 11 is 15.6. The van der Waals surface area contributed by atoms with Gasteiger partial charge in [0.25, 0.3) is 5.91 Å². The van der Waals surface area contributed by atoms with Crippen molar-refractivity contribution >= 4 is 76.7 Å². The number of thiocarbonyl (C=S) groups is 1. The Labute approximate surface area is 171 Å². The van der Waals surface area contributed by atoms with E-state index >= 15 is 0 Å². The van der Waals surface area contributed by atoms with Crippen molar-refractivity contribution in [1.82, 2.24) is 10.6 Å². The van der Waals surface area contributed by atoms with Gasteiger partial charge in [0, 0.05) is 11.3 Å². The fourth-order valence-electron chi connectivity index (χ4n) is 1.82. The van der Waals surface area contributed by atoms with Gasteiger partial charge in [0.05, 0.1) is 0 Å². The van der Waals surface area contributed by atoms with Crippen molar-refractivity contribution in [1.29, 1.82) is 0 Å². The van der Waals surface area contributed by atoms with E-state index < -0.39 is 8.31 Å². The summed E-state index contributed by atoms with van der Waals surface area (Å²) in [4.78, 5) is 12.4. The summed E-state index contributed by atoms with van der Waals surface area (Å²) in [6.07, 6.45) is -0.561. The van der Waals surface area contributed by atoms with Crippen molar-refractivity contribution < 1.29 is 4.79 Å². The Morgan fingerprint density at radius 2 is 1.46 bits per heavy atom. The van der Waals surface area contributed by atoms with E-state index in [9.17, 15) is 4.79 Å². The monoisotopic (exact) mass is 533 g/mol. The summed E-state index contributed by atoms with van der Waals surface area (Å²) in [6.45, 7) is 0. The van der Waals surface area contributed by atoms with Gasteiger partial charge < -0.3 is 16.0 Å². The van der Waals surface area contributed by atoms with Crippen LogP contribution in [0.1, 0.15) is 10.4 Å². The lowest BCUT2D eigenvalue weighted by Gasteiger charge is -2.28. The van der Waals surface area contributed by atoms with E-state index in [0.29, 0.717) is 10.7 Å². The van der Waals surface area contributed by atoms with Gasteiger partial charge in [-0.1, -0.05) is 84.2 Å². The van der Waals surface area contributed by atoms with Crippen molar-refractivity contribution in [2.24, 2.45) is 0 Å². The van der Waals surface area contributed by atoms with E-state index in [0.717, 1.165) is 5.69 Å². The number of alkyl halides is 3. The van der Waals surface area contributed by atoms with E-state index in [1.807, 2.05) is 48.5 Å². The molecule has 0 spiro atoms. The van der Waals surface area contributed by atoms with Crippen LogP contribution in [0.3, 0.4) is 0 Å². The molecule has 0 saturated heterocycles. The number of halogens is 3. The van der Waals surface area contributed by atoms with Crippen LogP contribution in [0.15, 0.2) is 60.7 Å². The predicted molar refractivity (Wildman–Crippen MR) is 113 cm³/mol. The van der Waals surface area contributed by atoms with Crippen molar-refractivity contribution in [3.05, 3.63) is 66.2 Å². The fourth-order valence-corrected chi connectivity index (χ4v) is 2.75. The molecule has 1 atom stereocenters. The lowest BCUT2D eigenvalue weighted by Crippen LogP contribution is -2.55. The Hall–Kier alpha value is -0.960. The molecule has 0 unspecified atom stereocenters. The number of anilines is 1. The highest BCUT2D eigenvalue weighted by molar-refractivity contribution is 9.39. The first-order valence-corrected chi connectivity index (χ1v) is 9.70. The van der Waals surface area contributed by atoms with Crippen LogP contribution in [-0.2, 0) is 0 Å². The lowest BCUT2D eigenvalue weighted by molar-refractivity contribution is 0.0936. The highest BCUT2D eigenvalue weighted by Gasteiger charge is 2.33. The van der Waals surface area contributed by atoms with Crippen LogP contribution in [0.4, 0.5) is 5.69 Å². The number of hydrogen-bond acceptors (Lipinski definition) is 2. The van der Waals surface area contributed by atoms with Crippen LogP contribution < -0.4 is 16.0 Å². The molecule has 24 heavy (non-hydrogen) atoms. The van der Waals surface area contributed by atoms with Crippen molar-refractivity contribution in [2.75, 3.05) is 5.32 Å². The molecule has 0 bridgehead atoms. The number of carbonyl (C=O) groups is 1. The largest absolute Gasteiger partial charge is 0.340 e. The quantitative estimate of drug-likeness (QED) is 0.305. The summed E-state index contributed by atoms with van der Waals surface area (Å²) in [5.41, 5.74) is 1.41. The Balaban J connectivity index is 2.03. The second-order valence-corrected chi connectivity index (χ2v) is 12.1. The molecule has 0 aliphatic rings. The SMILES string of the molecule is O=C(N[C@@H](NC(=S)Nc1ccccc1)C(Br)(Br)Br)c1ccccc1. The number of nitrogens with one attached hydrogen (secondary N) is 3. The molecule has 0 aromatic heterocycles. The molecule has 2 aromatic rings. The minimum atomic E-state index is -0.778. The zero-order valence-electron chi connectivity index (χ0n) is 12.3. The van der Waals surface area contributed by atoms with Gasteiger partial charge in [0.15, 0.2) is 7.26 Å². The maximum absolute atomic E-state index is 12.4. The molecule has 126 valence electrons. The van der Waals surface area contributed by atoms with E-state index in [2.05, 4.69) is 63.7 Å². The highest BCUT2D eigenvalue weighted by atomic mass is 80.0. The zero-order valence-corrected chi connectivity index (χ0v) is 17.9. The van der Waals surface area contributed by atoms with Crippen LogP contribution >= 0.6 is 60.0 Å². The minimum absolute atomic E-state index is 0.224. The number of carbonyl (C=O) groups excluding carboxylic acids is 1. The Kier molecular flexibility index (Phi) is 7.21. The number of amides is 1. The molecule has 0 saturated carbocycles. The third-order valence-electron chi connectivity index (χ3n) is 2.95. The maximum atomic E-state index is 12.4. The molecule has 0 heterocycles. The summed E-state index contributed by atoms with van der Waals surface area (Å²) in [5, 5.41) is 9.37. The fraction of sp³-hybridized carbons (Fsp3) is 0.125. The Bertz CT molecular complexity index is 693. The van der Waals surface area contributed by atoms with Crippen LogP contribution in [-0.4, -0.2) is 19.3 Å². The number of hydrogen-bond donors (Lipinski definition) is 3. The van der Waals surface area contributed by atoms with Crippen molar-refractivity contribution in [3.63, 3.8) is 0 Å². The predicted octanol–water partition coefficient (Wildman–Crippen LogP) is 4.57. The molecule has 2 rings (SSSR count). The molecular formula is C16H14Br3N3OS. The van der Waals surface area contributed by atoms with Crippen LogP contribution in [0.25, 0.3) is 0 Å². The van der Waals surface area contributed by atoms with Gasteiger partial charge in [0.2, 0.25) is 0 Å². The van der Waals surface area contributed by atoms with Gasteiger partial charge in [-0.2, -0.15) is 0 Å². The van der Waals surface area contributed by atoms with Crippen LogP contribution in [0.2, 0.25) is 0 Å². The lowest BCUT2D eigenvalue weighted by atomic mass is 10.2. The molecule has 3 N–H and O–H groups in total. The molecule has 0 radical (unpaired) electrons. The average Bonchev–Trinajstić information content (AvgIpc) is 2.55. The number of rotatable bonds is 4. The molecular weight excluding hydrogens is 522 g/mol. The average molecular weight is 536 g/mol. The molecule has 4 nitrogen and oxygen atoms in total. The van der Waals surface area contributed by atoms with Crippen molar-refractivity contribution in [2.45, 2.75) is 8.31 Å². The van der Waals surface area contributed by atoms with Crippen LogP contribution in [0, 0.1) is 0 Å². The first kappa shape index (κ1) is 19.4. The van der Waals surface area contributed by atoms with Gasteiger partial charge in [-0.05, 0) is 36.5 Å². The minimum Gasteiger partial charge on any atom is -0.340 e. The second-order valence-electron chi connectivity index (χ2n) is 4.78. The third-order valence-corrected chi connectivity index (χ3v) is 4.54. The molecule has 8 heteroatoms. The van der Waals surface area contributed by atoms with Gasteiger partial charge >= 0.3 is 0 Å². The molecule has 0 aliphatic carbocycles. The summed E-state index contributed by atoms with van der Waals surface area (Å²) in [7, 11) is 0. The van der Waals surface area contributed by atoms with Gasteiger partial charge in [0.1, 0.15) is 6.17 Å². The summed E-state index contributed by atoms with van der Waals surface area (Å²) in [5.74, 6) is -0.224. The topological polar surface area (TPSA) is 53.2 Å². The smallest absolute Gasteiger partial charge is 0.252 e. The van der Waals surface area contributed by atoms with Crippen molar-refractivity contribution in [3.8, 4) is 0 Å². The third kappa shape index (κ3) is 6.16.